The molecule has 1 heteroatoms. The second-order valence-electron chi connectivity index (χ2n) is 0.757. The Morgan fingerprint density at radius 3 is 2.17 bits per heavy atom. The minimum Gasteiger partial charge on any atom is -0.299 e. The molecule has 2 radical (unpaired) electrons. The third-order valence-corrected chi connectivity index (χ3v) is 0.326. The van der Waals surface area contributed by atoms with Crippen molar-refractivity contribution in [2.75, 3.05) is 0 Å². The fourth-order valence-electron chi connectivity index (χ4n) is 0.124. The summed E-state index contributed by atoms with van der Waals surface area (Å²) in [7, 11) is 0. The fraction of sp³-hybridized carbons (Fsp3) is 0. The molecule has 0 rings (SSSR count). The van der Waals surface area contributed by atoms with Crippen LogP contribution in [0.2, 0.25) is 0 Å². The molecule has 6 heavy (non-hydrogen) atoms. The maximum Gasteiger partial charge on any atom is 0.142 e. The lowest BCUT2D eigenvalue weighted by molar-refractivity contribution is 0.352. The van der Waals surface area contributed by atoms with Crippen LogP contribution in [0.15, 0.2) is 24.5 Å². The van der Waals surface area contributed by atoms with Crippen molar-refractivity contribution in [2.45, 2.75) is 0 Å². The highest BCUT2D eigenvalue weighted by atomic mass is 16.2. The fourth-order valence-corrected chi connectivity index (χ4v) is 0.124. The molecule has 0 aliphatic rings. The van der Waals surface area contributed by atoms with Crippen molar-refractivity contribution in [3.05, 3.63) is 31.4 Å². The summed E-state index contributed by atoms with van der Waals surface area (Å²) in [5.41, 5.74) is 0. The van der Waals surface area contributed by atoms with Gasteiger partial charge in [-0.05, 0) is 13.0 Å². The zero-order valence-electron chi connectivity index (χ0n) is 3.42. The van der Waals surface area contributed by atoms with Gasteiger partial charge in [-0.1, -0.05) is 12.2 Å². The molecule has 0 spiro atoms. The first-order chi connectivity index (χ1) is 2.91. The van der Waals surface area contributed by atoms with Crippen LogP contribution in [0.5, 0.6) is 0 Å². The second kappa shape index (κ2) is 4.28. The lowest BCUT2D eigenvalue weighted by Gasteiger charge is -1.59. The van der Waals surface area contributed by atoms with Crippen LogP contribution in [0.3, 0.4) is 0 Å². The van der Waals surface area contributed by atoms with E-state index in [1.54, 1.807) is 12.2 Å². The topological polar surface area (TPSA) is 19.9 Å². The van der Waals surface area contributed by atoms with Crippen molar-refractivity contribution < 1.29 is 5.11 Å². The zero-order valence-corrected chi connectivity index (χ0v) is 3.42. The summed E-state index contributed by atoms with van der Waals surface area (Å²) >= 11 is 0. The first-order valence-electron chi connectivity index (χ1n) is 1.64. The normalized spacial score (nSPS) is 11.5. The van der Waals surface area contributed by atoms with Crippen molar-refractivity contribution in [3.63, 3.8) is 0 Å². The van der Waals surface area contributed by atoms with Crippen molar-refractivity contribution in [2.24, 2.45) is 0 Å². The van der Waals surface area contributed by atoms with E-state index in [4.69, 9.17) is 0 Å². The minimum absolute atomic E-state index is 0.710. The third kappa shape index (κ3) is 3.28. The Kier molecular flexibility index (Phi) is 3.77. The number of allylic oxidation sites excluding steroid dienone is 3. The highest BCUT2D eigenvalue weighted by Crippen LogP contribution is 1.69. The minimum atomic E-state index is 0.710. The van der Waals surface area contributed by atoms with E-state index in [9.17, 15) is 5.11 Å². The highest BCUT2D eigenvalue weighted by Gasteiger charge is 1.52. The summed E-state index contributed by atoms with van der Waals surface area (Å²) in [5.74, 6) is 0. The molecular weight excluding hydrogens is 76.1 g/mol. The van der Waals surface area contributed by atoms with Crippen LogP contribution in [0, 0.1) is 6.92 Å². The predicted octanol–water partition coefficient (Wildman–Crippen LogP) is 1.32. The molecule has 0 aromatic rings. The highest BCUT2D eigenvalue weighted by molar-refractivity contribution is 4.99. The molecule has 0 saturated carbocycles. The maximum atomic E-state index is 9.43. The van der Waals surface area contributed by atoms with E-state index in [0.29, 0.717) is 6.26 Å². The van der Waals surface area contributed by atoms with Gasteiger partial charge >= 0.3 is 0 Å². The summed E-state index contributed by atoms with van der Waals surface area (Å²) in [6.45, 7) is 3.35. The Labute approximate surface area is 37.6 Å². The Hall–Kier alpha value is -0.720. The van der Waals surface area contributed by atoms with E-state index in [2.05, 4.69) is 6.92 Å². The summed E-state index contributed by atoms with van der Waals surface area (Å²) in [4.78, 5) is 0. The molecule has 0 amide bonds. The van der Waals surface area contributed by atoms with E-state index in [1.165, 1.54) is 6.08 Å². The van der Waals surface area contributed by atoms with Crippen LogP contribution in [-0.4, -0.2) is 0 Å². The average Bonchev–Trinajstić information content (AvgIpc) is 1.61. The van der Waals surface area contributed by atoms with Gasteiger partial charge in [0.05, 0.1) is 0 Å². The molecule has 0 saturated heterocycles. The van der Waals surface area contributed by atoms with Crippen molar-refractivity contribution in [1.82, 2.24) is 0 Å². The van der Waals surface area contributed by atoms with Gasteiger partial charge in [0.15, 0.2) is 0 Å². The molecule has 0 aliphatic heterocycles. The predicted molar refractivity (Wildman–Crippen MR) is 24.3 cm³/mol. The molecule has 1 nitrogen and oxygen atoms in total. The van der Waals surface area contributed by atoms with Crippen LogP contribution >= 0.6 is 0 Å². The summed E-state index contributed by atoms with van der Waals surface area (Å²) in [6, 6.07) is 0. The van der Waals surface area contributed by atoms with Crippen molar-refractivity contribution in [1.29, 1.82) is 0 Å². The monoisotopic (exact) mass is 82.0 g/mol. The lowest BCUT2D eigenvalue weighted by Crippen LogP contribution is -1.42. The van der Waals surface area contributed by atoms with Gasteiger partial charge < -0.3 is 0 Å². The molecule has 0 bridgehead atoms. The van der Waals surface area contributed by atoms with Gasteiger partial charge in [0.1, 0.15) is 6.26 Å². The van der Waals surface area contributed by atoms with Crippen molar-refractivity contribution in [3.8, 4) is 0 Å². The van der Waals surface area contributed by atoms with Crippen LogP contribution in [0.4, 0.5) is 0 Å². The Morgan fingerprint density at radius 2 is 2.00 bits per heavy atom. The summed E-state index contributed by atoms with van der Waals surface area (Å²) in [5, 5.41) is 9.43. The maximum absolute atomic E-state index is 9.43. The largest absolute Gasteiger partial charge is 0.299 e. The first kappa shape index (κ1) is 5.28. The zero-order chi connectivity index (χ0) is 4.83. The quantitative estimate of drug-likeness (QED) is 0.336. The molecule has 0 atom stereocenters. The lowest BCUT2D eigenvalue weighted by atomic mass is 10.5. The molecule has 0 aromatic heterocycles. The van der Waals surface area contributed by atoms with Crippen molar-refractivity contribution >= 4 is 0 Å². The summed E-state index contributed by atoms with van der Waals surface area (Å²) < 4.78 is 0. The molecule has 0 unspecified atom stereocenters. The van der Waals surface area contributed by atoms with Gasteiger partial charge in [0.25, 0.3) is 0 Å². The van der Waals surface area contributed by atoms with Gasteiger partial charge in [-0.3, -0.25) is 5.11 Å². The third-order valence-electron chi connectivity index (χ3n) is 0.326. The number of hydrogen-bond acceptors (Lipinski definition) is 0. The van der Waals surface area contributed by atoms with E-state index < -0.39 is 0 Å². The van der Waals surface area contributed by atoms with E-state index in [0.717, 1.165) is 0 Å². The molecule has 0 heterocycles. The van der Waals surface area contributed by atoms with E-state index in [1.807, 2.05) is 0 Å². The molecule has 0 aliphatic carbocycles. The average molecular weight is 82.1 g/mol. The molecule has 0 fully saturated rings. The first-order valence-corrected chi connectivity index (χ1v) is 1.64. The van der Waals surface area contributed by atoms with Gasteiger partial charge in [-0.2, -0.15) is 0 Å². The van der Waals surface area contributed by atoms with E-state index in [-0.39, 0.29) is 0 Å². The Balaban J connectivity index is 3.07. The summed E-state index contributed by atoms with van der Waals surface area (Å²) in [6.07, 6.45) is 5.22. The van der Waals surface area contributed by atoms with Crippen LogP contribution in [0.1, 0.15) is 0 Å². The van der Waals surface area contributed by atoms with Crippen LogP contribution in [0.25, 0.3) is 0 Å². The van der Waals surface area contributed by atoms with Gasteiger partial charge in [0, 0.05) is 0 Å². The van der Waals surface area contributed by atoms with Crippen LogP contribution < -0.4 is 0 Å². The molecule has 0 aromatic carbocycles. The van der Waals surface area contributed by atoms with Gasteiger partial charge in [0.2, 0.25) is 0 Å². The Morgan fingerprint density at radius 1 is 1.33 bits per heavy atom. The molecule has 32 valence electrons. The molecular formula is C5H6O. The van der Waals surface area contributed by atoms with Crippen LogP contribution in [-0.2, 0) is 5.11 Å². The Bertz CT molecular complexity index is 52.3. The standard InChI is InChI=1S/C5H6O/c1-2-3-4-5-6/h2-5H,1H2. The number of rotatable bonds is 1. The number of hydrogen-bond donors (Lipinski definition) is 0. The van der Waals surface area contributed by atoms with Gasteiger partial charge in [-0.25, -0.2) is 0 Å². The smallest absolute Gasteiger partial charge is 0.142 e. The second-order valence-corrected chi connectivity index (χ2v) is 0.757. The van der Waals surface area contributed by atoms with E-state index >= 15 is 0 Å². The van der Waals surface area contributed by atoms with Gasteiger partial charge in [-0.15, -0.1) is 0 Å². The molecule has 0 N–H and O–H groups in total. The SMILES string of the molecule is [CH2]C=CC=C[O].